The Kier molecular flexibility index (Phi) is 7.32. The fraction of sp³-hybridized carbons (Fsp3) is 0.240. The molecule has 0 unspecified atom stereocenters. The Bertz CT molecular complexity index is 1330. The molecule has 1 N–H and O–H groups in total. The third-order valence-electron chi connectivity index (χ3n) is 5.71. The van der Waals surface area contributed by atoms with Gasteiger partial charge in [-0.2, -0.15) is 17.5 Å². The van der Waals surface area contributed by atoms with Gasteiger partial charge in [0.2, 0.25) is 15.9 Å². The number of alkyl halides is 3. The summed E-state index contributed by atoms with van der Waals surface area (Å²) in [6, 6.07) is 14.5. The molecule has 4 rings (SSSR count). The summed E-state index contributed by atoms with van der Waals surface area (Å²) in [7, 11) is -3.97. The quantitative estimate of drug-likeness (QED) is 0.438. The van der Waals surface area contributed by atoms with Crippen LogP contribution in [0.3, 0.4) is 0 Å². The minimum atomic E-state index is -4.44. The zero-order valence-electron chi connectivity index (χ0n) is 18.8. The van der Waals surface area contributed by atoms with Gasteiger partial charge in [0, 0.05) is 13.1 Å². The summed E-state index contributed by atoms with van der Waals surface area (Å²) in [5.41, 5.74) is -0.132. The van der Waals surface area contributed by atoms with Crippen molar-refractivity contribution in [3.05, 3.63) is 89.7 Å². The van der Waals surface area contributed by atoms with E-state index in [2.05, 4.69) is 5.32 Å². The maximum Gasteiger partial charge on any atom is 0.416 e. The van der Waals surface area contributed by atoms with Crippen LogP contribution < -0.4 is 10.1 Å². The van der Waals surface area contributed by atoms with Gasteiger partial charge in [0.25, 0.3) is 0 Å². The van der Waals surface area contributed by atoms with E-state index >= 15 is 0 Å². The molecule has 1 fully saturated rings. The number of ether oxygens (including phenoxy) is 1. The fourth-order valence-corrected chi connectivity index (χ4v) is 5.56. The first-order chi connectivity index (χ1) is 17.0. The molecule has 0 aromatic heterocycles. The van der Waals surface area contributed by atoms with Gasteiger partial charge >= 0.3 is 6.18 Å². The van der Waals surface area contributed by atoms with E-state index in [0.29, 0.717) is 24.2 Å². The molecule has 0 radical (unpaired) electrons. The number of sulfonamides is 1. The van der Waals surface area contributed by atoms with Crippen molar-refractivity contribution >= 4 is 15.9 Å². The summed E-state index contributed by atoms with van der Waals surface area (Å²) in [4.78, 5) is 12.8. The maximum absolute atomic E-state index is 13.2. The number of hydrogen-bond donors (Lipinski definition) is 1. The Morgan fingerprint density at radius 2 is 1.69 bits per heavy atom. The molecule has 0 saturated carbocycles. The zero-order valence-corrected chi connectivity index (χ0v) is 19.7. The van der Waals surface area contributed by atoms with E-state index < -0.39 is 39.5 Å². The molecule has 3 aromatic rings. The highest BCUT2D eigenvalue weighted by Crippen LogP contribution is 2.31. The van der Waals surface area contributed by atoms with E-state index in [1.807, 2.05) is 0 Å². The molecule has 0 aliphatic carbocycles. The molecule has 1 amide bonds. The molecule has 1 heterocycles. The van der Waals surface area contributed by atoms with E-state index in [4.69, 9.17) is 4.74 Å². The van der Waals surface area contributed by atoms with Crippen LogP contribution in [0.4, 0.5) is 17.6 Å². The molecule has 36 heavy (non-hydrogen) atoms. The van der Waals surface area contributed by atoms with Crippen molar-refractivity contribution in [2.24, 2.45) is 0 Å². The van der Waals surface area contributed by atoms with E-state index in [-0.39, 0.29) is 23.7 Å². The van der Waals surface area contributed by atoms with E-state index in [0.717, 1.165) is 28.6 Å². The first-order valence-electron chi connectivity index (χ1n) is 11.0. The first-order valence-corrected chi connectivity index (χ1v) is 12.5. The van der Waals surface area contributed by atoms with E-state index in [9.17, 15) is 30.8 Å². The van der Waals surface area contributed by atoms with Crippen molar-refractivity contribution in [1.82, 2.24) is 9.62 Å². The van der Waals surface area contributed by atoms with Crippen LogP contribution in [0.1, 0.15) is 24.0 Å². The van der Waals surface area contributed by atoms with Crippen LogP contribution in [-0.2, 0) is 27.5 Å². The number of amides is 1. The van der Waals surface area contributed by atoms with Crippen molar-refractivity contribution in [2.45, 2.75) is 36.5 Å². The topological polar surface area (TPSA) is 75.7 Å². The van der Waals surface area contributed by atoms with Gasteiger partial charge in [-0.05, 0) is 79.1 Å². The highest BCUT2D eigenvalue weighted by molar-refractivity contribution is 7.89. The lowest BCUT2D eigenvalue weighted by Gasteiger charge is -2.23. The Labute approximate surface area is 205 Å². The number of rotatable bonds is 7. The van der Waals surface area contributed by atoms with Crippen LogP contribution in [0, 0.1) is 5.82 Å². The van der Waals surface area contributed by atoms with Crippen LogP contribution >= 0.6 is 0 Å². The monoisotopic (exact) mass is 522 g/mol. The summed E-state index contributed by atoms with van der Waals surface area (Å²) in [5.74, 6) is -0.443. The maximum atomic E-state index is 13.2. The van der Waals surface area contributed by atoms with Crippen LogP contribution in [0.15, 0.2) is 77.7 Å². The second kappa shape index (κ2) is 10.3. The zero-order chi connectivity index (χ0) is 25.9. The van der Waals surface area contributed by atoms with Gasteiger partial charge in [0.05, 0.1) is 10.5 Å². The summed E-state index contributed by atoms with van der Waals surface area (Å²) < 4.78 is 84.1. The van der Waals surface area contributed by atoms with E-state index in [1.165, 1.54) is 24.3 Å². The average molecular weight is 523 g/mol. The molecule has 3 aromatic carbocycles. The molecule has 0 spiro atoms. The molecule has 1 aliphatic heterocycles. The van der Waals surface area contributed by atoms with Crippen molar-refractivity contribution in [2.75, 3.05) is 6.54 Å². The third kappa shape index (κ3) is 5.85. The standard InChI is InChI=1S/C25H22F4N2O4S/c26-19-8-12-22(13-9-19)36(33,34)31-14-2-5-23(31)24(32)30-16-17-3-1-4-21(15-17)35-20-10-6-18(7-11-20)25(27,28)29/h1,3-4,6-13,15,23H,2,5,14,16H2,(H,30,32)/t23-/m0/s1. The summed E-state index contributed by atoms with van der Waals surface area (Å²) in [6.45, 7) is 0.262. The predicted octanol–water partition coefficient (Wildman–Crippen LogP) is 5.11. The van der Waals surface area contributed by atoms with Gasteiger partial charge in [-0.15, -0.1) is 0 Å². The summed E-state index contributed by atoms with van der Waals surface area (Å²) in [6.07, 6.45) is -3.58. The molecule has 11 heteroatoms. The molecule has 190 valence electrons. The number of benzene rings is 3. The lowest BCUT2D eigenvalue weighted by Crippen LogP contribution is -2.45. The van der Waals surface area contributed by atoms with Crippen molar-refractivity contribution in [1.29, 1.82) is 0 Å². The third-order valence-corrected chi connectivity index (χ3v) is 7.63. The number of hydrogen-bond acceptors (Lipinski definition) is 4. The van der Waals surface area contributed by atoms with Crippen LogP contribution in [0.25, 0.3) is 0 Å². The predicted molar refractivity (Wildman–Crippen MR) is 123 cm³/mol. The van der Waals surface area contributed by atoms with Crippen LogP contribution in [0.2, 0.25) is 0 Å². The second-order valence-electron chi connectivity index (χ2n) is 8.22. The van der Waals surface area contributed by atoms with Gasteiger partial charge in [-0.25, -0.2) is 12.8 Å². The minimum Gasteiger partial charge on any atom is -0.457 e. The first kappa shape index (κ1) is 25.6. The Balaban J connectivity index is 1.39. The fourth-order valence-electron chi connectivity index (χ4n) is 3.91. The molecular weight excluding hydrogens is 500 g/mol. The van der Waals surface area contributed by atoms with Gasteiger partial charge in [0.1, 0.15) is 23.4 Å². The van der Waals surface area contributed by atoms with Crippen molar-refractivity contribution < 1.29 is 35.5 Å². The van der Waals surface area contributed by atoms with Gasteiger partial charge in [-0.3, -0.25) is 4.79 Å². The molecule has 1 saturated heterocycles. The lowest BCUT2D eigenvalue weighted by atomic mass is 10.2. The normalized spacial score (nSPS) is 16.6. The van der Waals surface area contributed by atoms with Crippen LogP contribution in [0.5, 0.6) is 11.5 Å². The van der Waals surface area contributed by atoms with Gasteiger partial charge in [0.15, 0.2) is 0 Å². The van der Waals surface area contributed by atoms with Crippen molar-refractivity contribution in [3.63, 3.8) is 0 Å². The second-order valence-corrected chi connectivity index (χ2v) is 10.1. The Morgan fingerprint density at radius 1 is 1.00 bits per heavy atom. The number of halogens is 4. The number of nitrogens with one attached hydrogen (secondary N) is 1. The van der Waals surface area contributed by atoms with Crippen molar-refractivity contribution in [3.8, 4) is 11.5 Å². The highest BCUT2D eigenvalue weighted by Gasteiger charge is 2.39. The van der Waals surface area contributed by atoms with E-state index in [1.54, 1.807) is 24.3 Å². The minimum absolute atomic E-state index is 0.0864. The number of carbonyl (C=O) groups is 1. The molecular formula is C25H22F4N2O4S. The molecule has 1 aliphatic rings. The van der Waals surface area contributed by atoms with Gasteiger partial charge < -0.3 is 10.1 Å². The smallest absolute Gasteiger partial charge is 0.416 e. The Morgan fingerprint density at radius 3 is 2.36 bits per heavy atom. The number of nitrogens with zero attached hydrogens (tertiary/aromatic N) is 1. The highest BCUT2D eigenvalue weighted by atomic mass is 32.2. The summed E-state index contributed by atoms with van der Waals surface area (Å²) in [5, 5.41) is 2.73. The summed E-state index contributed by atoms with van der Waals surface area (Å²) >= 11 is 0. The average Bonchev–Trinajstić information content (AvgIpc) is 3.34. The lowest BCUT2D eigenvalue weighted by molar-refractivity contribution is -0.137. The SMILES string of the molecule is O=C(NCc1cccc(Oc2ccc(C(F)(F)F)cc2)c1)[C@@H]1CCCN1S(=O)(=O)c1ccc(F)cc1. The van der Waals surface area contributed by atoms with Crippen LogP contribution in [-0.4, -0.2) is 31.2 Å². The molecule has 6 nitrogen and oxygen atoms in total. The molecule has 0 bridgehead atoms. The number of carbonyl (C=O) groups excluding carboxylic acids is 1. The Hall–Kier alpha value is -3.44. The largest absolute Gasteiger partial charge is 0.457 e. The molecule has 1 atom stereocenters. The van der Waals surface area contributed by atoms with Gasteiger partial charge in [-0.1, -0.05) is 12.1 Å².